The third-order valence-electron chi connectivity index (χ3n) is 5.43. The number of nitrogens with one attached hydrogen (secondary N) is 1. The Morgan fingerprint density at radius 1 is 0.889 bits per heavy atom. The first-order valence-corrected chi connectivity index (χ1v) is 12.5. The van der Waals surface area contributed by atoms with E-state index in [4.69, 9.17) is 10.5 Å². The number of carbonyl (C=O) groups excluding carboxylic acids is 1. The van der Waals surface area contributed by atoms with Gasteiger partial charge in [0, 0.05) is 18.0 Å². The normalized spacial score (nSPS) is 11.2. The lowest BCUT2D eigenvalue weighted by atomic mass is 10.1. The second kappa shape index (κ2) is 9.74. The van der Waals surface area contributed by atoms with Gasteiger partial charge in [-0.1, -0.05) is 47.5 Å². The van der Waals surface area contributed by atoms with Crippen molar-refractivity contribution in [3.63, 3.8) is 0 Å². The van der Waals surface area contributed by atoms with Gasteiger partial charge >= 0.3 is 0 Å². The number of sulfonamides is 1. The zero-order valence-corrected chi connectivity index (χ0v) is 21.1. The van der Waals surface area contributed by atoms with E-state index >= 15 is 0 Å². The summed E-state index contributed by atoms with van der Waals surface area (Å²) in [5.74, 6) is -0.777. The molecule has 0 atom stereocenters. The number of nitrogens with zero attached hydrogens (tertiary/aromatic N) is 3. The molecule has 2 aromatic carbocycles. The van der Waals surface area contributed by atoms with Crippen LogP contribution in [0.5, 0.6) is 11.6 Å². The first kappa shape index (κ1) is 24.8. The van der Waals surface area contributed by atoms with Crippen molar-refractivity contribution in [2.24, 2.45) is 0 Å². The number of hydrogen-bond acceptors (Lipinski definition) is 8. The first-order chi connectivity index (χ1) is 17.0. The fourth-order valence-corrected chi connectivity index (χ4v) is 4.75. The zero-order valence-electron chi connectivity index (χ0n) is 20.2. The van der Waals surface area contributed by atoms with Crippen LogP contribution >= 0.6 is 0 Å². The Balaban J connectivity index is 1.78. The average molecular weight is 504 g/mol. The van der Waals surface area contributed by atoms with Gasteiger partial charge in [-0.3, -0.25) is 4.79 Å². The summed E-state index contributed by atoms with van der Waals surface area (Å²) in [5, 5.41) is -0.546. The number of nitrogen functional groups attached to an aromatic ring is 1. The van der Waals surface area contributed by atoms with Crippen LogP contribution in [0, 0.1) is 27.7 Å². The summed E-state index contributed by atoms with van der Waals surface area (Å²) >= 11 is 0. The highest BCUT2D eigenvalue weighted by molar-refractivity contribution is 7.90. The van der Waals surface area contributed by atoms with Gasteiger partial charge in [-0.05, 0) is 51.0 Å². The molecule has 0 saturated heterocycles. The Kier molecular flexibility index (Phi) is 6.71. The van der Waals surface area contributed by atoms with Crippen LogP contribution in [0.2, 0.25) is 0 Å². The molecule has 36 heavy (non-hydrogen) atoms. The van der Waals surface area contributed by atoms with Crippen LogP contribution < -0.4 is 15.2 Å². The first-order valence-electron chi connectivity index (χ1n) is 11.0. The lowest BCUT2D eigenvalue weighted by molar-refractivity contribution is 0.0978. The Labute approximate surface area is 209 Å². The molecule has 3 N–H and O–H groups in total. The molecule has 0 radical (unpaired) electrons. The molecule has 0 spiro atoms. The quantitative estimate of drug-likeness (QED) is 0.398. The van der Waals surface area contributed by atoms with Crippen LogP contribution in [0.1, 0.15) is 32.6 Å². The summed E-state index contributed by atoms with van der Waals surface area (Å²) in [7, 11) is -4.40. The third kappa shape index (κ3) is 5.18. The summed E-state index contributed by atoms with van der Waals surface area (Å²) in [4.78, 5) is 25.2. The molecule has 2 heterocycles. The van der Waals surface area contributed by atoms with Crippen molar-refractivity contribution in [3.05, 3.63) is 88.7 Å². The molecule has 2 aromatic heterocycles. The average Bonchev–Trinajstić information content (AvgIpc) is 2.81. The van der Waals surface area contributed by atoms with Crippen molar-refractivity contribution in [3.8, 4) is 22.9 Å². The highest BCUT2D eigenvalue weighted by Gasteiger charge is 2.26. The minimum Gasteiger partial charge on any atom is -0.438 e. The fraction of sp³-hybridized carbons (Fsp3) is 0.154. The third-order valence-corrected chi connectivity index (χ3v) is 6.71. The molecule has 0 saturated carbocycles. The van der Waals surface area contributed by atoms with E-state index < -0.39 is 21.0 Å². The van der Waals surface area contributed by atoms with Crippen molar-refractivity contribution in [1.82, 2.24) is 19.7 Å². The highest BCUT2D eigenvalue weighted by Crippen LogP contribution is 2.32. The minimum absolute atomic E-state index is 0.0389. The number of benzene rings is 2. The Bertz CT molecular complexity index is 1550. The molecule has 10 heteroatoms. The number of pyridine rings is 1. The molecular formula is C26H25N5O4S. The molecule has 0 fully saturated rings. The molecule has 0 aliphatic rings. The van der Waals surface area contributed by atoms with Crippen LogP contribution in [-0.4, -0.2) is 29.3 Å². The van der Waals surface area contributed by atoms with Crippen LogP contribution in [0.15, 0.2) is 66.0 Å². The smallest absolute Gasteiger partial charge is 0.285 e. The number of ether oxygens (including phenoxy) is 1. The van der Waals surface area contributed by atoms with Gasteiger partial charge in [-0.25, -0.2) is 19.7 Å². The molecule has 4 aromatic rings. The number of nitrogens with two attached hydrogens (primary N) is 1. The van der Waals surface area contributed by atoms with Crippen molar-refractivity contribution in [2.45, 2.75) is 32.7 Å². The van der Waals surface area contributed by atoms with Crippen LogP contribution in [0.4, 0.5) is 5.82 Å². The molecule has 4 rings (SSSR count). The van der Waals surface area contributed by atoms with Gasteiger partial charge in [0.15, 0.2) is 5.82 Å². The number of carbonyl (C=O) groups is 1. The molecular weight excluding hydrogens is 478 g/mol. The summed E-state index contributed by atoms with van der Waals surface area (Å²) < 4.78 is 33.7. The summed E-state index contributed by atoms with van der Waals surface area (Å²) in [6.45, 7) is 7.73. The van der Waals surface area contributed by atoms with Gasteiger partial charge in [-0.15, -0.1) is 0 Å². The Morgan fingerprint density at radius 2 is 1.53 bits per heavy atom. The topological polar surface area (TPSA) is 137 Å². The number of anilines is 1. The molecule has 1 amide bonds. The number of hydrogen-bond donors (Lipinski definition) is 2. The molecule has 184 valence electrons. The van der Waals surface area contributed by atoms with E-state index in [1.807, 2.05) is 68.8 Å². The summed E-state index contributed by atoms with van der Waals surface area (Å²) in [6, 6.07) is 14.7. The maximum Gasteiger partial charge on any atom is 0.285 e. The van der Waals surface area contributed by atoms with E-state index in [9.17, 15) is 13.2 Å². The summed E-state index contributed by atoms with van der Waals surface area (Å²) in [5.41, 5.74) is 10.8. The van der Waals surface area contributed by atoms with E-state index in [-0.39, 0.29) is 17.3 Å². The van der Waals surface area contributed by atoms with Crippen LogP contribution in [-0.2, 0) is 10.0 Å². The largest absolute Gasteiger partial charge is 0.438 e. The maximum absolute atomic E-state index is 13.2. The van der Waals surface area contributed by atoms with Crippen molar-refractivity contribution >= 4 is 21.7 Å². The second-order valence-electron chi connectivity index (χ2n) is 8.43. The monoisotopic (exact) mass is 503 g/mol. The van der Waals surface area contributed by atoms with E-state index in [2.05, 4.69) is 15.0 Å². The number of rotatable bonds is 6. The van der Waals surface area contributed by atoms with E-state index in [0.717, 1.165) is 27.8 Å². The van der Waals surface area contributed by atoms with Crippen molar-refractivity contribution in [1.29, 1.82) is 0 Å². The van der Waals surface area contributed by atoms with Gasteiger partial charge < -0.3 is 10.5 Å². The van der Waals surface area contributed by atoms with Gasteiger partial charge in [-0.2, -0.15) is 8.42 Å². The maximum atomic E-state index is 13.2. The van der Waals surface area contributed by atoms with Gasteiger partial charge in [0.1, 0.15) is 11.3 Å². The molecule has 0 aliphatic carbocycles. The predicted octanol–water partition coefficient (Wildman–Crippen LogP) is 4.27. The lowest BCUT2D eigenvalue weighted by Crippen LogP contribution is -2.32. The molecule has 0 aliphatic heterocycles. The van der Waals surface area contributed by atoms with Gasteiger partial charge in [0.05, 0.1) is 5.69 Å². The Morgan fingerprint density at radius 3 is 2.17 bits per heavy atom. The minimum atomic E-state index is -4.40. The van der Waals surface area contributed by atoms with E-state index in [0.29, 0.717) is 11.4 Å². The SMILES string of the molecule is Cc1ccc(-c2ccc(C(=O)NS(=O)(=O)c3nccnc3N)c(Oc3c(C)cc(C)cc3C)n2)cc1. The van der Waals surface area contributed by atoms with Crippen LogP contribution in [0.25, 0.3) is 11.3 Å². The Hall–Kier alpha value is -4.31. The highest BCUT2D eigenvalue weighted by atomic mass is 32.2. The van der Waals surface area contributed by atoms with Gasteiger partial charge in [0.25, 0.3) is 15.9 Å². The van der Waals surface area contributed by atoms with Crippen LogP contribution in [0.3, 0.4) is 0 Å². The number of aromatic nitrogens is 3. The molecule has 0 bridgehead atoms. The molecule has 0 unspecified atom stereocenters. The van der Waals surface area contributed by atoms with E-state index in [1.54, 1.807) is 6.07 Å². The second-order valence-corrected chi connectivity index (χ2v) is 10.0. The zero-order chi connectivity index (χ0) is 26.0. The summed E-state index contributed by atoms with van der Waals surface area (Å²) in [6.07, 6.45) is 2.42. The van der Waals surface area contributed by atoms with Crippen molar-refractivity contribution in [2.75, 3.05) is 5.73 Å². The fourth-order valence-electron chi connectivity index (χ4n) is 3.77. The van der Waals surface area contributed by atoms with E-state index in [1.165, 1.54) is 18.5 Å². The lowest BCUT2D eigenvalue weighted by Gasteiger charge is -2.16. The van der Waals surface area contributed by atoms with Gasteiger partial charge in [0.2, 0.25) is 10.9 Å². The standard InChI is InChI=1S/C26H25N5O4S/c1-15-5-7-19(8-6-15)21-10-9-20(24(32)31-36(33,34)26-23(27)28-11-12-29-26)25(30-21)35-22-17(3)13-16(2)14-18(22)4/h5-14H,1-4H3,(H2,27,28)(H,31,32). The predicted molar refractivity (Wildman–Crippen MR) is 136 cm³/mol. The number of amides is 1. The number of aryl methyl sites for hydroxylation is 4. The molecule has 9 nitrogen and oxygen atoms in total. The van der Waals surface area contributed by atoms with Crippen molar-refractivity contribution < 1.29 is 17.9 Å².